The van der Waals surface area contributed by atoms with Crippen molar-refractivity contribution in [3.63, 3.8) is 0 Å². The molecule has 0 rings (SSSR count). The Morgan fingerprint density at radius 2 is 2.00 bits per heavy atom. The molecule has 0 aliphatic carbocycles. The molecule has 0 heterocycles. The molecule has 1 N–H and O–H groups in total. The summed E-state index contributed by atoms with van der Waals surface area (Å²) in [6.45, 7) is 7.10. The zero-order chi connectivity index (χ0) is 6.83. The molecular weight excluding hydrogens is 102 g/mol. The second-order valence-electron chi connectivity index (χ2n) is 0.576. The molecule has 0 saturated heterocycles. The van der Waals surface area contributed by atoms with Gasteiger partial charge in [-0.1, -0.05) is 13.8 Å². The summed E-state index contributed by atoms with van der Waals surface area (Å²) in [6.07, 6.45) is 2.10. The number of hydrogen-bond donors (Lipinski definition) is 1. The molecule has 3 heteroatoms. The van der Waals surface area contributed by atoms with Gasteiger partial charge in [-0.15, -0.1) is 0 Å². The van der Waals surface area contributed by atoms with E-state index in [0.717, 1.165) is 6.34 Å². The summed E-state index contributed by atoms with van der Waals surface area (Å²) in [5.41, 5.74) is 0. The van der Waals surface area contributed by atoms with E-state index in [1.54, 1.807) is 0 Å². The summed E-state index contributed by atoms with van der Waals surface area (Å²) in [7, 11) is 0. The average molecular weight is 113 g/mol. The molecule has 0 bridgehead atoms. The first-order valence-corrected chi connectivity index (χ1v) is 2.38. The Kier molecular flexibility index (Phi) is 21.0. The lowest BCUT2D eigenvalue weighted by Crippen LogP contribution is -1.60. The highest BCUT2D eigenvalue weighted by Gasteiger charge is 1.48. The lowest BCUT2D eigenvalue weighted by Gasteiger charge is -1.61. The molecule has 0 spiro atoms. The fourth-order valence-corrected chi connectivity index (χ4v) is 0.0805. The van der Waals surface area contributed by atoms with E-state index in [2.05, 4.69) is 16.7 Å². The molecule has 46 valence electrons. The highest BCUT2D eigenvalue weighted by molar-refractivity contribution is 5.72. The zero-order valence-corrected chi connectivity index (χ0v) is 5.26. The second kappa shape index (κ2) is 16.7. The minimum absolute atomic E-state index is 0.898. The van der Waals surface area contributed by atoms with Crippen molar-refractivity contribution in [2.75, 3.05) is 0 Å². The van der Waals surface area contributed by atoms with E-state index in [1.807, 2.05) is 13.8 Å². The topological polar surface area (TPSA) is 48.6 Å². The van der Waals surface area contributed by atoms with Crippen LogP contribution in [0.15, 0.2) is 9.98 Å². The Balaban J connectivity index is 0. The van der Waals surface area contributed by atoms with Gasteiger partial charge in [0.1, 0.15) is 12.7 Å². The van der Waals surface area contributed by atoms with E-state index in [9.17, 15) is 0 Å². The van der Waals surface area contributed by atoms with Crippen LogP contribution in [0.4, 0.5) is 0 Å². The van der Waals surface area contributed by atoms with Gasteiger partial charge < -0.3 is 0 Å². The van der Waals surface area contributed by atoms with Gasteiger partial charge in [0.15, 0.2) is 0 Å². The average Bonchev–Trinajstić information content (AvgIpc) is 1.88. The number of hydrogen-bond acceptors (Lipinski definition) is 1. The number of aliphatic imine (C=N–C) groups is 2. The van der Waals surface area contributed by atoms with Crippen molar-refractivity contribution in [1.29, 1.82) is 5.41 Å². The van der Waals surface area contributed by atoms with Crippen molar-refractivity contribution in [3.8, 4) is 0 Å². The van der Waals surface area contributed by atoms with E-state index in [0.29, 0.717) is 0 Å². The third kappa shape index (κ3) is 19.9. The predicted octanol–water partition coefficient (Wildman–Crippen LogP) is 1.35. The van der Waals surface area contributed by atoms with Crippen molar-refractivity contribution in [1.82, 2.24) is 0 Å². The molecule has 3 nitrogen and oxygen atoms in total. The Morgan fingerprint density at radius 1 is 1.50 bits per heavy atom. The summed E-state index contributed by atoms with van der Waals surface area (Å²) in [4.78, 5) is 6.51. The largest absolute Gasteiger partial charge is 0.289 e. The smallest absolute Gasteiger partial charge is 0.116 e. The van der Waals surface area contributed by atoms with Crippen LogP contribution < -0.4 is 0 Å². The molecule has 0 atom stereocenters. The van der Waals surface area contributed by atoms with Crippen molar-refractivity contribution in [3.05, 3.63) is 0 Å². The third-order valence-corrected chi connectivity index (χ3v) is 0.223. The Labute approximate surface area is 49.7 Å². The van der Waals surface area contributed by atoms with Crippen LogP contribution >= 0.6 is 0 Å². The summed E-state index contributed by atoms with van der Waals surface area (Å²) in [5, 5.41) is 6.30. The van der Waals surface area contributed by atoms with Crippen LogP contribution in [0.1, 0.15) is 13.8 Å². The van der Waals surface area contributed by atoms with Gasteiger partial charge in [-0.05, 0) is 6.72 Å². The predicted molar refractivity (Wildman–Crippen MR) is 38.2 cm³/mol. The maximum absolute atomic E-state index is 6.30. The SMILES string of the molecule is C=NC=NC=N.CC. The molecule has 0 aromatic rings. The molecule has 0 aliphatic heterocycles. The number of rotatable bonds is 2. The maximum Gasteiger partial charge on any atom is 0.116 e. The molecule has 0 aromatic heterocycles. The van der Waals surface area contributed by atoms with Crippen molar-refractivity contribution >= 4 is 19.4 Å². The van der Waals surface area contributed by atoms with Gasteiger partial charge in [0.05, 0.1) is 0 Å². The number of nitrogens with zero attached hydrogens (tertiary/aromatic N) is 2. The normalized spacial score (nSPS) is 7.25. The zero-order valence-electron chi connectivity index (χ0n) is 5.26. The highest BCUT2D eigenvalue weighted by atomic mass is 14.8. The first-order chi connectivity index (χ1) is 3.91. The second-order valence-corrected chi connectivity index (χ2v) is 0.576. The van der Waals surface area contributed by atoms with E-state index >= 15 is 0 Å². The summed E-state index contributed by atoms with van der Waals surface area (Å²) in [5.74, 6) is 0. The fraction of sp³-hybridized carbons (Fsp3) is 0.400. The van der Waals surface area contributed by atoms with Crippen LogP contribution in [0.5, 0.6) is 0 Å². The van der Waals surface area contributed by atoms with Gasteiger partial charge in [0.2, 0.25) is 0 Å². The quantitative estimate of drug-likeness (QED) is 0.415. The Morgan fingerprint density at radius 3 is 2.12 bits per heavy atom. The molecule has 0 radical (unpaired) electrons. The van der Waals surface area contributed by atoms with Crippen LogP contribution in [-0.4, -0.2) is 19.4 Å². The van der Waals surface area contributed by atoms with E-state index in [-0.39, 0.29) is 0 Å². The van der Waals surface area contributed by atoms with Crippen LogP contribution in [0, 0.1) is 5.41 Å². The van der Waals surface area contributed by atoms with Crippen molar-refractivity contribution in [2.24, 2.45) is 9.98 Å². The minimum atomic E-state index is 0.898. The molecule has 0 amide bonds. The van der Waals surface area contributed by atoms with E-state index in [4.69, 9.17) is 5.41 Å². The molecule has 0 fully saturated rings. The van der Waals surface area contributed by atoms with Gasteiger partial charge in [0, 0.05) is 0 Å². The Bertz CT molecular complexity index is 65.7. The summed E-state index contributed by atoms with van der Waals surface area (Å²) in [6, 6.07) is 0. The van der Waals surface area contributed by atoms with E-state index in [1.165, 1.54) is 6.34 Å². The summed E-state index contributed by atoms with van der Waals surface area (Å²) < 4.78 is 0. The van der Waals surface area contributed by atoms with Crippen LogP contribution in [-0.2, 0) is 0 Å². The summed E-state index contributed by atoms with van der Waals surface area (Å²) >= 11 is 0. The van der Waals surface area contributed by atoms with Crippen molar-refractivity contribution in [2.45, 2.75) is 13.8 Å². The molecule has 0 unspecified atom stereocenters. The first-order valence-electron chi connectivity index (χ1n) is 2.38. The van der Waals surface area contributed by atoms with Gasteiger partial charge in [-0.3, -0.25) is 10.4 Å². The van der Waals surface area contributed by atoms with Gasteiger partial charge in [-0.2, -0.15) is 0 Å². The molecule has 0 aromatic carbocycles. The number of nitrogens with one attached hydrogen (secondary N) is 1. The van der Waals surface area contributed by atoms with Crippen LogP contribution in [0.2, 0.25) is 0 Å². The first kappa shape index (κ1) is 10.1. The molecule has 0 aliphatic rings. The van der Waals surface area contributed by atoms with Crippen LogP contribution in [0.25, 0.3) is 0 Å². The molecular formula is C5H11N3. The lowest BCUT2D eigenvalue weighted by atomic mass is 11.0. The van der Waals surface area contributed by atoms with E-state index < -0.39 is 0 Å². The standard InChI is InChI=1S/C3H5N3.C2H6/c1-5-3-6-2-4;1-2/h2-4H,1H2;1-2H3. The van der Waals surface area contributed by atoms with Crippen LogP contribution in [0.3, 0.4) is 0 Å². The Hall–Kier alpha value is -0.990. The molecule has 8 heavy (non-hydrogen) atoms. The highest BCUT2D eigenvalue weighted by Crippen LogP contribution is 1.50. The fourth-order valence-electron chi connectivity index (χ4n) is 0.0805. The third-order valence-electron chi connectivity index (χ3n) is 0.223. The molecule has 0 saturated carbocycles. The minimum Gasteiger partial charge on any atom is -0.289 e. The van der Waals surface area contributed by atoms with Crippen molar-refractivity contribution < 1.29 is 0 Å². The lowest BCUT2D eigenvalue weighted by molar-refractivity contribution is 1.50. The maximum atomic E-state index is 6.30. The monoisotopic (exact) mass is 113 g/mol. The van der Waals surface area contributed by atoms with Gasteiger partial charge >= 0.3 is 0 Å². The van der Waals surface area contributed by atoms with Gasteiger partial charge in [0.25, 0.3) is 0 Å². The van der Waals surface area contributed by atoms with Gasteiger partial charge in [-0.25, -0.2) is 4.99 Å².